The topological polar surface area (TPSA) is 92.8 Å². The van der Waals surface area contributed by atoms with Crippen LogP contribution in [-0.4, -0.2) is 55.2 Å². The van der Waals surface area contributed by atoms with Gasteiger partial charge < -0.3 is 25.0 Å². The first-order valence-electron chi connectivity index (χ1n) is 11.1. The Bertz CT molecular complexity index is 1160. The highest BCUT2D eigenvalue weighted by atomic mass is 32.1. The predicted octanol–water partition coefficient (Wildman–Crippen LogP) is 4.56. The van der Waals surface area contributed by atoms with Gasteiger partial charge in [-0.2, -0.15) is 0 Å². The van der Waals surface area contributed by atoms with Crippen LogP contribution in [0.25, 0.3) is 10.6 Å². The molecule has 4 rings (SSSR count). The van der Waals surface area contributed by atoms with Crippen molar-refractivity contribution in [3.8, 4) is 22.1 Å². The number of thiazole rings is 1. The summed E-state index contributed by atoms with van der Waals surface area (Å²) in [6.45, 7) is 3.01. The third-order valence-electron chi connectivity index (χ3n) is 5.78. The van der Waals surface area contributed by atoms with Crippen LogP contribution in [0.2, 0.25) is 0 Å². The summed E-state index contributed by atoms with van der Waals surface area (Å²) in [6.07, 6.45) is 1.41. The molecule has 0 aliphatic carbocycles. The Hall–Kier alpha value is -3.59. The second-order valence-corrected chi connectivity index (χ2v) is 9.03. The molecule has 8 nitrogen and oxygen atoms in total. The number of aromatic nitrogens is 1. The Kier molecular flexibility index (Phi) is 7.32. The van der Waals surface area contributed by atoms with Gasteiger partial charge in [-0.1, -0.05) is 18.2 Å². The van der Waals surface area contributed by atoms with E-state index in [2.05, 4.69) is 15.6 Å². The average Bonchev–Trinajstić information content (AvgIpc) is 3.26. The fourth-order valence-electron chi connectivity index (χ4n) is 3.90. The Balaban J connectivity index is 1.35. The van der Waals surface area contributed by atoms with Crippen LogP contribution < -0.4 is 20.1 Å². The number of carbonyl (C=O) groups excluding carboxylic acids is 2. The number of piperidine rings is 1. The van der Waals surface area contributed by atoms with Gasteiger partial charge in [0, 0.05) is 30.4 Å². The van der Waals surface area contributed by atoms with Gasteiger partial charge in [-0.15, -0.1) is 11.3 Å². The Morgan fingerprint density at radius 1 is 1.03 bits per heavy atom. The van der Waals surface area contributed by atoms with Gasteiger partial charge in [-0.05, 0) is 50.1 Å². The molecule has 3 aromatic rings. The molecule has 2 aromatic carbocycles. The fourth-order valence-corrected chi connectivity index (χ4v) is 4.87. The van der Waals surface area contributed by atoms with Crippen LogP contribution in [0.15, 0.2) is 48.5 Å². The number of urea groups is 1. The average molecular weight is 481 g/mol. The summed E-state index contributed by atoms with van der Waals surface area (Å²) in [5.74, 6) is 1.12. The van der Waals surface area contributed by atoms with Crippen molar-refractivity contribution in [1.29, 1.82) is 0 Å². The van der Waals surface area contributed by atoms with E-state index in [1.807, 2.05) is 55.5 Å². The maximum Gasteiger partial charge on any atom is 0.321 e. The number of amides is 3. The third-order valence-corrected chi connectivity index (χ3v) is 6.98. The first kappa shape index (κ1) is 23.6. The first-order valence-corrected chi connectivity index (χ1v) is 11.9. The van der Waals surface area contributed by atoms with Crippen LogP contribution in [0.1, 0.15) is 28.2 Å². The zero-order valence-corrected chi connectivity index (χ0v) is 20.3. The number of aryl methyl sites for hydroxylation is 1. The van der Waals surface area contributed by atoms with E-state index in [1.54, 1.807) is 19.1 Å². The number of anilines is 1. The maximum atomic E-state index is 13.0. The van der Waals surface area contributed by atoms with E-state index in [-0.39, 0.29) is 18.0 Å². The normalized spacial score (nSPS) is 13.9. The minimum Gasteiger partial charge on any atom is -0.493 e. The van der Waals surface area contributed by atoms with Gasteiger partial charge >= 0.3 is 6.03 Å². The standard InChI is InChI=1S/C25H28N4O4S/c1-16-22(34-24(26-16)17-9-10-20(32-2)21(15-17)33-3)23(30)27-19-11-13-29(14-12-19)25(31)28-18-7-5-4-6-8-18/h4-10,15,19H,11-14H2,1-3H3,(H,27,30)(H,28,31). The summed E-state index contributed by atoms with van der Waals surface area (Å²) in [5, 5.41) is 6.78. The lowest BCUT2D eigenvalue weighted by Gasteiger charge is -2.32. The number of carbonyl (C=O) groups is 2. The molecule has 1 fully saturated rings. The van der Waals surface area contributed by atoms with Gasteiger partial charge in [0.1, 0.15) is 9.88 Å². The maximum absolute atomic E-state index is 13.0. The zero-order valence-electron chi connectivity index (χ0n) is 19.5. The molecule has 0 unspecified atom stereocenters. The van der Waals surface area contributed by atoms with Crippen molar-refractivity contribution in [3.05, 3.63) is 59.1 Å². The second kappa shape index (κ2) is 10.6. The highest BCUT2D eigenvalue weighted by molar-refractivity contribution is 7.17. The number of likely N-dealkylation sites (tertiary alicyclic amines) is 1. The number of hydrogen-bond donors (Lipinski definition) is 2. The molecule has 0 atom stereocenters. The molecular formula is C25H28N4O4S. The molecule has 2 heterocycles. The molecule has 2 N–H and O–H groups in total. The molecule has 34 heavy (non-hydrogen) atoms. The number of ether oxygens (including phenoxy) is 2. The Morgan fingerprint density at radius 2 is 1.74 bits per heavy atom. The monoisotopic (exact) mass is 480 g/mol. The summed E-state index contributed by atoms with van der Waals surface area (Å²) in [4.78, 5) is 32.4. The van der Waals surface area contributed by atoms with E-state index in [9.17, 15) is 9.59 Å². The molecule has 0 saturated carbocycles. The second-order valence-electron chi connectivity index (χ2n) is 8.03. The lowest BCUT2D eigenvalue weighted by atomic mass is 10.1. The van der Waals surface area contributed by atoms with Gasteiger partial charge in [-0.3, -0.25) is 4.79 Å². The number of hydrogen-bond acceptors (Lipinski definition) is 6. The molecule has 3 amide bonds. The van der Waals surface area contributed by atoms with Crippen molar-refractivity contribution in [3.63, 3.8) is 0 Å². The molecule has 178 valence electrons. The van der Waals surface area contributed by atoms with Crippen LogP contribution in [0.3, 0.4) is 0 Å². The van der Waals surface area contributed by atoms with E-state index >= 15 is 0 Å². The summed E-state index contributed by atoms with van der Waals surface area (Å²) >= 11 is 1.35. The van der Waals surface area contributed by atoms with E-state index in [0.29, 0.717) is 48.0 Å². The van der Waals surface area contributed by atoms with Crippen molar-refractivity contribution in [1.82, 2.24) is 15.2 Å². The molecular weight excluding hydrogens is 452 g/mol. The van der Waals surface area contributed by atoms with E-state index in [4.69, 9.17) is 9.47 Å². The molecule has 1 aliphatic rings. The Labute approximate surface area is 202 Å². The largest absolute Gasteiger partial charge is 0.493 e. The van der Waals surface area contributed by atoms with E-state index in [1.165, 1.54) is 11.3 Å². The molecule has 1 aliphatic heterocycles. The smallest absolute Gasteiger partial charge is 0.321 e. The van der Waals surface area contributed by atoms with Crippen molar-refractivity contribution < 1.29 is 19.1 Å². The van der Waals surface area contributed by atoms with Crippen LogP contribution in [0.5, 0.6) is 11.5 Å². The van der Waals surface area contributed by atoms with Crippen LogP contribution in [0, 0.1) is 6.92 Å². The summed E-state index contributed by atoms with van der Waals surface area (Å²) in [7, 11) is 3.18. The number of benzene rings is 2. The molecule has 9 heteroatoms. The van der Waals surface area contributed by atoms with Gasteiger partial charge in [0.05, 0.1) is 19.9 Å². The number of rotatable bonds is 6. The molecule has 0 spiro atoms. The molecule has 1 saturated heterocycles. The zero-order chi connectivity index (χ0) is 24.1. The van der Waals surface area contributed by atoms with Crippen molar-refractivity contribution in [2.75, 3.05) is 32.6 Å². The predicted molar refractivity (Wildman–Crippen MR) is 133 cm³/mol. The quantitative estimate of drug-likeness (QED) is 0.540. The van der Waals surface area contributed by atoms with Gasteiger partial charge in [0.25, 0.3) is 5.91 Å². The molecule has 0 bridgehead atoms. The summed E-state index contributed by atoms with van der Waals surface area (Å²) in [5.41, 5.74) is 2.32. The number of para-hydroxylation sites is 1. The van der Waals surface area contributed by atoms with Crippen LogP contribution in [-0.2, 0) is 0 Å². The number of methoxy groups -OCH3 is 2. The number of nitrogens with one attached hydrogen (secondary N) is 2. The fraction of sp³-hybridized carbons (Fsp3) is 0.320. The molecule has 1 aromatic heterocycles. The highest BCUT2D eigenvalue weighted by Crippen LogP contribution is 2.35. The summed E-state index contributed by atoms with van der Waals surface area (Å²) in [6, 6.07) is 14.9. The first-order chi connectivity index (χ1) is 16.5. The lowest BCUT2D eigenvalue weighted by Crippen LogP contribution is -2.47. The lowest BCUT2D eigenvalue weighted by molar-refractivity contribution is 0.0922. The van der Waals surface area contributed by atoms with Crippen LogP contribution >= 0.6 is 11.3 Å². The summed E-state index contributed by atoms with van der Waals surface area (Å²) < 4.78 is 10.7. The third kappa shape index (κ3) is 5.31. The number of nitrogens with zero attached hydrogens (tertiary/aromatic N) is 2. The minimum atomic E-state index is -0.131. The van der Waals surface area contributed by atoms with Gasteiger partial charge in [0.2, 0.25) is 0 Å². The van der Waals surface area contributed by atoms with Gasteiger partial charge in [0.15, 0.2) is 11.5 Å². The van der Waals surface area contributed by atoms with Crippen LogP contribution in [0.4, 0.5) is 10.5 Å². The minimum absolute atomic E-state index is 0.0132. The van der Waals surface area contributed by atoms with Crippen molar-refractivity contribution >= 4 is 29.0 Å². The van der Waals surface area contributed by atoms with E-state index in [0.717, 1.165) is 16.3 Å². The van der Waals surface area contributed by atoms with Crippen molar-refractivity contribution in [2.24, 2.45) is 0 Å². The van der Waals surface area contributed by atoms with E-state index < -0.39 is 0 Å². The van der Waals surface area contributed by atoms with Gasteiger partial charge in [-0.25, -0.2) is 9.78 Å². The highest BCUT2D eigenvalue weighted by Gasteiger charge is 2.26. The molecule has 0 radical (unpaired) electrons. The Morgan fingerprint density at radius 3 is 2.41 bits per heavy atom. The van der Waals surface area contributed by atoms with Crippen molar-refractivity contribution in [2.45, 2.75) is 25.8 Å². The SMILES string of the molecule is COc1ccc(-c2nc(C)c(C(=O)NC3CCN(C(=O)Nc4ccccc4)CC3)s2)cc1OC.